The van der Waals surface area contributed by atoms with Crippen LogP contribution < -0.4 is 5.73 Å². The van der Waals surface area contributed by atoms with E-state index in [-0.39, 0.29) is 18.6 Å². The van der Waals surface area contributed by atoms with Crippen LogP contribution in [0.3, 0.4) is 0 Å². The summed E-state index contributed by atoms with van der Waals surface area (Å²) >= 11 is 1.66. The number of carbonyl (C=O) groups is 1. The van der Waals surface area contributed by atoms with Crippen molar-refractivity contribution in [1.29, 1.82) is 0 Å². The van der Waals surface area contributed by atoms with Gasteiger partial charge in [0, 0.05) is 18.0 Å². The molecule has 5 heteroatoms. The smallest absolute Gasteiger partial charge is 0.249 e. The van der Waals surface area contributed by atoms with Crippen molar-refractivity contribution in [2.75, 3.05) is 19.7 Å². The fourth-order valence-electron chi connectivity index (χ4n) is 1.57. The first-order chi connectivity index (χ1) is 7.29. The normalized spacial score (nSPS) is 22.1. The third-order valence-electron chi connectivity index (χ3n) is 2.41. The van der Waals surface area contributed by atoms with Gasteiger partial charge in [-0.15, -0.1) is 11.3 Å². The zero-order valence-corrected chi connectivity index (χ0v) is 9.20. The van der Waals surface area contributed by atoms with Gasteiger partial charge in [0.1, 0.15) is 6.61 Å². The lowest BCUT2D eigenvalue weighted by Gasteiger charge is -2.31. The van der Waals surface area contributed by atoms with Crippen LogP contribution in [0.2, 0.25) is 0 Å². The number of ether oxygens (including phenoxy) is 1. The third kappa shape index (κ3) is 2.56. The highest BCUT2D eigenvalue weighted by Crippen LogP contribution is 2.14. The highest BCUT2D eigenvalue weighted by Gasteiger charge is 2.25. The summed E-state index contributed by atoms with van der Waals surface area (Å²) in [5.41, 5.74) is 5.52. The minimum atomic E-state index is -0.0114. The quantitative estimate of drug-likeness (QED) is 0.813. The molecule has 2 rings (SSSR count). The van der Waals surface area contributed by atoms with Crippen LogP contribution in [-0.2, 0) is 16.1 Å². The van der Waals surface area contributed by atoms with Gasteiger partial charge >= 0.3 is 0 Å². The fourth-order valence-corrected chi connectivity index (χ4v) is 2.29. The summed E-state index contributed by atoms with van der Waals surface area (Å²) in [6.07, 6.45) is -0.0114. The van der Waals surface area contributed by atoms with Crippen molar-refractivity contribution in [3.05, 3.63) is 22.4 Å². The van der Waals surface area contributed by atoms with Crippen LogP contribution >= 0.6 is 11.3 Å². The van der Waals surface area contributed by atoms with Gasteiger partial charge < -0.3 is 15.4 Å². The lowest BCUT2D eigenvalue weighted by Crippen LogP contribution is -2.48. The molecule has 2 N–H and O–H groups in total. The summed E-state index contributed by atoms with van der Waals surface area (Å²) in [4.78, 5) is 14.6. The van der Waals surface area contributed by atoms with Gasteiger partial charge in [-0.05, 0) is 11.4 Å². The van der Waals surface area contributed by atoms with Crippen LogP contribution in [0, 0.1) is 0 Å². The molecule has 82 valence electrons. The summed E-state index contributed by atoms with van der Waals surface area (Å²) in [5.74, 6) is 0.0492. The molecule has 1 amide bonds. The second-order valence-electron chi connectivity index (χ2n) is 3.52. The number of rotatable bonds is 3. The minimum absolute atomic E-state index is 0.0114. The fraction of sp³-hybridized carbons (Fsp3) is 0.500. The van der Waals surface area contributed by atoms with E-state index in [2.05, 4.69) is 0 Å². The van der Waals surface area contributed by atoms with Crippen LogP contribution in [-0.4, -0.2) is 36.6 Å². The van der Waals surface area contributed by atoms with Crippen molar-refractivity contribution in [2.24, 2.45) is 5.73 Å². The molecule has 1 aromatic heterocycles. The Morgan fingerprint density at radius 1 is 1.67 bits per heavy atom. The van der Waals surface area contributed by atoms with E-state index in [0.717, 1.165) is 0 Å². The van der Waals surface area contributed by atoms with Crippen LogP contribution in [0.5, 0.6) is 0 Å². The Bertz CT molecular complexity index is 326. The van der Waals surface area contributed by atoms with Crippen molar-refractivity contribution in [3.8, 4) is 0 Å². The van der Waals surface area contributed by atoms with E-state index in [4.69, 9.17) is 10.5 Å². The molecule has 0 aromatic carbocycles. The van der Waals surface area contributed by atoms with Crippen molar-refractivity contribution in [1.82, 2.24) is 4.90 Å². The minimum Gasteiger partial charge on any atom is -0.365 e. The monoisotopic (exact) mass is 226 g/mol. The number of amides is 1. The molecule has 1 fully saturated rings. The molecule has 1 aliphatic heterocycles. The van der Waals surface area contributed by atoms with Crippen molar-refractivity contribution < 1.29 is 9.53 Å². The lowest BCUT2D eigenvalue weighted by atomic mass is 10.2. The second kappa shape index (κ2) is 4.74. The molecule has 1 atom stereocenters. The van der Waals surface area contributed by atoms with Crippen molar-refractivity contribution in [2.45, 2.75) is 12.6 Å². The van der Waals surface area contributed by atoms with Gasteiger partial charge in [0.15, 0.2) is 0 Å². The summed E-state index contributed by atoms with van der Waals surface area (Å²) in [5, 5.41) is 2.01. The Morgan fingerprint density at radius 3 is 3.20 bits per heavy atom. The summed E-state index contributed by atoms with van der Waals surface area (Å²) in [6, 6.07) is 4.02. The molecule has 4 nitrogen and oxygen atoms in total. The molecule has 0 aliphatic carbocycles. The number of nitrogens with zero attached hydrogens (tertiary/aromatic N) is 1. The first-order valence-electron chi connectivity index (χ1n) is 4.91. The summed E-state index contributed by atoms with van der Waals surface area (Å²) in [7, 11) is 0. The number of nitrogens with two attached hydrogens (primary N) is 1. The predicted molar refractivity (Wildman–Crippen MR) is 58.5 cm³/mol. The Labute approximate surface area is 92.6 Å². The van der Waals surface area contributed by atoms with Gasteiger partial charge in [-0.1, -0.05) is 6.07 Å². The van der Waals surface area contributed by atoms with Crippen molar-refractivity contribution in [3.63, 3.8) is 0 Å². The van der Waals surface area contributed by atoms with Crippen LogP contribution in [0.15, 0.2) is 17.5 Å². The molecular weight excluding hydrogens is 212 g/mol. The van der Waals surface area contributed by atoms with Gasteiger partial charge in [-0.2, -0.15) is 0 Å². The van der Waals surface area contributed by atoms with E-state index in [1.165, 1.54) is 4.88 Å². The maximum atomic E-state index is 11.5. The highest BCUT2D eigenvalue weighted by molar-refractivity contribution is 7.09. The standard InChI is InChI=1S/C10H14N2O2S/c11-4-8-5-12(10(13)7-14-8)6-9-2-1-3-15-9/h1-3,8H,4-7,11H2. The number of thiophene rings is 1. The zero-order valence-electron chi connectivity index (χ0n) is 8.39. The molecule has 0 radical (unpaired) electrons. The number of carbonyl (C=O) groups excluding carboxylic acids is 1. The Balaban J connectivity index is 1.97. The highest BCUT2D eigenvalue weighted by atomic mass is 32.1. The molecule has 1 unspecified atom stereocenters. The Morgan fingerprint density at radius 2 is 2.53 bits per heavy atom. The zero-order chi connectivity index (χ0) is 10.7. The van der Waals surface area contributed by atoms with Gasteiger partial charge in [0.05, 0.1) is 12.6 Å². The second-order valence-corrected chi connectivity index (χ2v) is 4.55. The maximum absolute atomic E-state index is 11.5. The largest absolute Gasteiger partial charge is 0.365 e. The first kappa shape index (κ1) is 10.6. The Hall–Kier alpha value is -0.910. The van der Waals surface area contributed by atoms with E-state index >= 15 is 0 Å². The van der Waals surface area contributed by atoms with Gasteiger partial charge in [0.2, 0.25) is 5.91 Å². The number of hydrogen-bond donors (Lipinski definition) is 1. The van der Waals surface area contributed by atoms with E-state index < -0.39 is 0 Å². The molecule has 2 heterocycles. The first-order valence-corrected chi connectivity index (χ1v) is 5.79. The Kier molecular flexibility index (Phi) is 3.35. The van der Waals surface area contributed by atoms with E-state index in [1.54, 1.807) is 11.3 Å². The molecule has 1 saturated heterocycles. The molecule has 1 aromatic rings. The average Bonchev–Trinajstić information content (AvgIpc) is 2.74. The summed E-state index contributed by atoms with van der Waals surface area (Å²) in [6.45, 7) is 1.91. The summed E-state index contributed by atoms with van der Waals surface area (Å²) < 4.78 is 5.28. The average molecular weight is 226 g/mol. The van der Waals surface area contributed by atoms with Crippen molar-refractivity contribution >= 4 is 17.2 Å². The molecule has 15 heavy (non-hydrogen) atoms. The van der Waals surface area contributed by atoms with E-state index in [9.17, 15) is 4.79 Å². The van der Waals surface area contributed by atoms with Crippen LogP contribution in [0.25, 0.3) is 0 Å². The van der Waals surface area contributed by atoms with Crippen LogP contribution in [0.1, 0.15) is 4.88 Å². The van der Waals surface area contributed by atoms with Crippen LogP contribution in [0.4, 0.5) is 0 Å². The lowest BCUT2D eigenvalue weighted by molar-refractivity contribution is -0.149. The van der Waals surface area contributed by atoms with Gasteiger partial charge in [-0.3, -0.25) is 4.79 Å². The molecule has 0 saturated carbocycles. The molecule has 0 spiro atoms. The molecule has 0 bridgehead atoms. The molecule has 1 aliphatic rings. The predicted octanol–water partition coefficient (Wildman–Crippen LogP) is 0.434. The number of morpholine rings is 1. The molecular formula is C10H14N2O2S. The number of hydrogen-bond acceptors (Lipinski definition) is 4. The van der Waals surface area contributed by atoms with E-state index in [1.807, 2.05) is 22.4 Å². The van der Waals surface area contributed by atoms with Gasteiger partial charge in [-0.25, -0.2) is 0 Å². The van der Waals surface area contributed by atoms with Gasteiger partial charge in [0.25, 0.3) is 0 Å². The topological polar surface area (TPSA) is 55.6 Å². The van der Waals surface area contributed by atoms with E-state index in [0.29, 0.717) is 19.6 Å². The third-order valence-corrected chi connectivity index (χ3v) is 3.27. The maximum Gasteiger partial charge on any atom is 0.249 e. The SMILES string of the molecule is NCC1CN(Cc2cccs2)C(=O)CO1.